The first-order valence-electron chi connectivity index (χ1n) is 8.72. The summed E-state index contributed by atoms with van der Waals surface area (Å²) in [5, 5.41) is 19.8. The van der Waals surface area contributed by atoms with Gasteiger partial charge in [0.1, 0.15) is 11.5 Å². The maximum absolute atomic E-state index is 12.9. The number of fused-ring (bicyclic) bond motifs is 5. The van der Waals surface area contributed by atoms with Crippen molar-refractivity contribution >= 4 is 17.6 Å². The first kappa shape index (κ1) is 17.8. The normalized spacial score (nSPS) is 12.5. The highest BCUT2D eigenvalue weighted by Crippen LogP contribution is 2.45. The van der Waals surface area contributed by atoms with Crippen molar-refractivity contribution in [3.8, 4) is 33.8 Å². The number of carbonyl (C=O) groups is 2. The van der Waals surface area contributed by atoms with E-state index in [1.807, 2.05) is 0 Å². The fraction of sp³-hybridized carbons (Fsp3) is 0.190. The molecule has 0 bridgehead atoms. The summed E-state index contributed by atoms with van der Waals surface area (Å²) in [6, 6.07) is 9.17. The van der Waals surface area contributed by atoms with Crippen LogP contribution in [-0.4, -0.2) is 29.2 Å². The lowest BCUT2D eigenvalue weighted by molar-refractivity contribution is -0.141. The van der Waals surface area contributed by atoms with Crippen molar-refractivity contribution in [3.05, 3.63) is 52.2 Å². The number of hydrogen-bond acceptors (Lipinski definition) is 6. The van der Waals surface area contributed by atoms with Gasteiger partial charge in [0.2, 0.25) is 5.91 Å². The lowest BCUT2D eigenvalue weighted by Crippen LogP contribution is -2.31. The summed E-state index contributed by atoms with van der Waals surface area (Å²) < 4.78 is 4.60. The lowest BCUT2D eigenvalue weighted by Gasteiger charge is -2.27. The number of hydrogen-bond donors (Lipinski definition) is 2. The molecule has 0 fully saturated rings. The maximum atomic E-state index is 12.9. The topological polar surface area (TPSA) is 104 Å². The second kappa shape index (κ2) is 6.53. The van der Waals surface area contributed by atoms with Crippen LogP contribution in [0.3, 0.4) is 0 Å². The van der Waals surface area contributed by atoms with E-state index < -0.39 is 5.97 Å². The second-order valence-corrected chi connectivity index (χ2v) is 6.68. The zero-order valence-electron chi connectivity index (χ0n) is 15.1. The highest BCUT2D eigenvalue weighted by Gasteiger charge is 2.34. The molecule has 7 heteroatoms. The molecule has 142 valence electrons. The number of phenolic OH excluding ortho intramolecular Hbond substituents is 2. The Kier molecular flexibility index (Phi) is 4.15. The maximum Gasteiger partial charge on any atom is 0.306 e. The molecule has 0 spiro atoms. The van der Waals surface area contributed by atoms with Crippen molar-refractivity contribution < 1.29 is 24.5 Å². The first-order chi connectivity index (χ1) is 13.4. The minimum absolute atomic E-state index is 0.0210. The number of aromatic hydroxyl groups is 2. The van der Waals surface area contributed by atoms with Crippen molar-refractivity contribution in [1.29, 1.82) is 0 Å². The molecule has 1 aliphatic rings. The van der Waals surface area contributed by atoms with Gasteiger partial charge in [-0.15, -0.1) is 0 Å². The Hall–Kier alpha value is -3.61. The Morgan fingerprint density at radius 2 is 1.64 bits per heavy atom. The van der Waals surface area contributed by atoms with Crippen molar-refractivity contribution in [2.75, 3.05) is 12.0 Å². The van der Waals surface area contributed by atoms with Gasteiger partial charge in [-0.1, -0.05) is 6.07 Å². The molecule has 0 aliphatic carbocycles. The lowest BCUT2D eigenvalue weighted by atomic mass is 9.98. The molecule has 1 amide bonds. The van der Waals surface area contributed by atoms with Gasteiger partial charge in [0.25, 0.3) is 0 Å². The molecule has 7 nitrogen and oxygen atoms in total. The smallest absolute Gasteiger partial charge is 0.306 e. The van der Waals surface area contributed by atoms with Crippen LogP contribution in [0.15, 0.2) is 41.2 Å². The molecule has 0 aromatic heterocycles. The number of rotatable bonds is 3. The van der Waals surface area contributed by atoms with Crippen LogP contribution >= 0.6 is 0 Å². The van der Waals surface area contributed by atoms with Crippen LogP contribution in [0.4, 0.5) is 5.69 Å². The quantitative estimate of drug-likeness (QED) is 0.678. The summed E-state index contributed by atoms with van der Waals surface area (Å²) in [5.41, 5.74) is 3.16. The van der Waals surface area contributed by atoms with Gasteiger partial charge in [-0.3, -0.25) is 14.4 Å². The average molecular weight is 379 g/mol. The van der Waals surface area contributed by atoms with E-state index in [0.29, 0.717) is 33.5 Å². The molecule has 2 N–H and O–H groups in total. The van der Waals surface area contributed by atoms with Crippen LogP contribution in [0.1, 0.15) is 18.4 Å². The number of esters is 1. The van der Waals surface area contributed by atoms with Crippen molar-refractivity contribution in [3.63, 3.8) is 0 Å². The van der Waals surface area contributed by atoms with E-state index in [-0.39, 0.29) is 42.2 Å². The summed E-state index contributed by atoms with van der Waals surface area (Å²) in [5.74, 6) is -0.884. The average Bonchev–Trinajstić information content (AvgIpc) is 3.32. The second-order valence-electron chi connectivity index (χ2n) is 6.68. The van der Waals surface area contributed by atoms with Gasteiger partial charge in [-0.05, 0) is 35.4 Å². The monoisotopic (exact) mass is 379 g/mol. The minimum Gasteiger partial charge on any atom is -0.508 e. The van der Waals surface area contributed by atoms with Crippen LogP contribution in [0, 0.1) is 0 Å². The molecule has 28 heavy (non-hydrogen) atoms. The van der Waals surface area contributed by atoms with Crippen LogP contribution in [0.25, 0.3) is 22.3 Å². The Morgan fingerprint density at radius 1 is 1.00 bits per heavy atom. The third-order valence-corrected chi connectivity index (χ3v) is 4.94. The van der Waals surface area contributed by atoms with Crippen LogP contribution in [0.2, 0.25) is 0 Å². The standard InChI is InChI=1S/C21H17NO6/c1-28-18(26)7-6-17(25)22-10-11-8-12(23)2-4-14(11)19-20(21(19)27)15-5-3-13(24)9-16(15)22/h2-5,8-9,23-24H,6-7,10H2,1H3. The van der Waals surface area contributed by atoms with Gasteiger partial charge in [0.15, 0.2) is 5.43 Å². The van der Waals surface area contributed by atoms with E-state index in [9.17, 15) is 24.6 Å². The molecule has 3 aromatic carbocycles. The molecule has 0 saturated heterocycles. The number of nitrogens with zero attached hydrogens (tertiary/aromatic N) is 1. The van der Waals surface area contributed by atoms with E-state index >= 15 is 0 Å². The number of methoxy groups -OCH3 is 1. The number of ether oxygens (including phenoxy) is 1. The molecule has 0 radical (unpaired) electrons. The largest absolute Gasteiger partial charge is 0.508 e. The highest BCUT2D eigenvalue weighted by molar-refractivity contribution is 6.06. The van der Waals surface area contributed by atoms with E-state index in [1.165, 1.54) is 36.3 Å². The fourth-order valence-corrected chi connectivity index (χ4v) is 3.52. The SMILES string of the molecule is COC(=O)CCC(=O)N1Cc2cc(O)ccc2-c2c(c2=O)-c2ccc(O)cc21. The predicted molar refractivity (Wildman–Crippen MR) is 102 cm³/mol. The zero-order chi connectivity index (χ0) is 20.0. The number of carbonyl (C=O) groups excluding carboxylic acids is 2. The molecule has 3 aromatic rings. The van der Waals surface area contributed by atoms with Gasteiger partial charge >= 0.3 is 5.97 Å². The Bertz CT molecular complexity index is 1120. The molecule has 1 heterocycles. The molecule has 0 saturated carbocycles. The third kappa shape index (κ3) is 2.90. The van der Waals surface area contributed by atoms with E-state index in [1.54, 1.807) is 12.1 Å². The summed E-state index contributed by atoms with van der Waals surface area (Å²) in [6.07, 6.45) is -0.171. The van der Waals surface area contributed by atoms with Crippen LogP contribution < -0.4 is 10.3 Å². The van der Waals surface area contributed by atoms with Crippen LogP contribution in [-0.2, 0) is 20.9 Å². The van der Waals surface area contributed by atoms with Gasteiger partial charge in [0, 0.05) is 29.2 Å². The first-order valence-corrected chi connectivity index (χ1v) is 8.72. The molecule has 4 rings (SSSR count). The summed E-state index contributed by atoms with van der Waals surface area (Å²) >= 11 is 0. The Labute approximate surface area is 160 Å². The van der Waals surface area contributed by atoms with Crippen molar-refractivity contribution in [1.82, 2.24) is 0 Å². The van der Waals surface area contributed by atoms with Gasteiger partial charge in [-0.25, -0.2) is 0 Å². The van der Waals surface area contributed by atoms with Gasteiger partial charge in [-0.2, -0.15) is 0 Å². The van der Waals surface area contributed by atoms with E-state index in [0.717, 1.165) is 0 Å². The molecule has 0 atom stereocenters. The molecular formula is C21H17NO6. The predicted octanol–water partition coefficient (Wildman–Crippen LogP) is 2.47. The van der Waals surface area contributed by atoms with Crippen molar-refractivity contribution in [2.24, 2.45) is 0 Å². The van der Waals surface area contributed by atoms with Crippen molar-refractivity contribution in [2.45, 2.75) is 19.4 Å². The summed E-state index contributed by atoms with van der Waals surface area (Å²) in [4.78, 5) is 38.3. The Morgan fingerprint density at radius 3 is 2.36 bits per heavy atom. The third-order valence-electron chi connectivity index (χ3n) is 4.94. The number of amides is 1. The fourth-order valence-electron chi connectivity index (χ4n) is 3.52. The van der Waals surface area contributed by atoms with Crippen LogP contribution in [0.5, 0.6) is 11.5 Å². The summed E-state index contributed by atoms with van der Waals surface area (Å²) in [6.45, 7) is 0.0876. The molecule has 1 aliphatic heterocycles. The van der Waals surface area contributed by atoms with E-state index in [4.69, 9.17) is 0 Å². The van der Waals surface area contributed by atoms with Gasteiger partial charge < -0.3 is 19.8 Å². The number of benzene rings is 2. The molecule has 0 unspecified atom stereocenters. The van der Waals surface area contributed by atoms with Gasteiger partial charge in [0.05, 0.1) is 25.8 Å². The number of phenols is 2. The molecular weight excluding hydrogens is 362 g/mol. The van der Waals surface area contributed by atoms with E-state index in [2.05, 4.69) is 4.74 Å². The zero-order valence-corrected chi connectivity index (χ0v) is 15.1. The summed E-state index contributed by atoms with van der Waals surface area (Å²) in [7, 11) is 1.25. The minimum atomic E-state index is -0.503. The highest BCUT2D eigenvalue weighted by atomic mass is 16.5. The number of anilines is 1. The Balaban J connectivity index is 1.84.